The summed E-state index contributed by atoms with van der Waals surface area (Å²) in [4.78, 5) is 2.02. The number of nitrogens with two attached hydrogens (primary N) is 1. The van der Waals surface area contributed by atoms with Gasteiger partial charge >= 0.3 is 0 Å². The van der Waals surface area contributed by atoms with E-state index in [1.807, 2.05) is 31.0 Å². The van der Waals surface area contributed by atoms with Gasteiger partial charge in [0.25, 0.3) is 0 Å². The van der Waals surface area contributed by atoms with Crippen molar-refractivity contribution in [3.8, 4) is 0 Å². The van der Waals surface area contributed by atoms with Crippen molar-refractivity contribution in [1.29, 1.82) is 0 Å². The van der Waals surface area contributed by atoms with Crippen LogP contribution >= 0.6 is 0 Å². The molecule has 1 aromatic rings. The molecule has 1 aromatic carbocycles. The average molecular weight is 236 g/mol. The molecule has 2 nitrogen and oxygen atoms in total. The van der Waals surface area contributed by atoms with Gasteiger partial charge in [0.1, 0.15) is 5.82 Å². The first kappa shape index (κ1) is 12.4. The van der Waals surface area contributed by atoms with Crippen LogP contribution in [0.15, 0.2) is 18.2 Å². The second-order valence-corrected chi connectivity index (χ2v) is 5.18. The van der Waals surface area contributed by atoms with E-state index in [2.05, 4.69) is 0 Å². The maximum atomic E-state index is 13.9. The van der Waals surface area contributed by atoms with Gasteiger partial charge in [-0.25, -0.2) is 4.39 Å². The van der Waals surface area contributed by atoms with Gasteiger partial charge in [-0.05, 0) is 43.4 Å². The molecule has 1 aliphatic rings. The maximum absolute atomic E-state index is 13.9. The highest BCUT2D eigenvalue weighted by molar-refractivity contribution is 5.49. The fourth-order valence-corrected chi connectivity index (χ4v) is 2.28. The summed E-state index contributed by atoms with van der Waals surface area (Å²) >= 11 is 0. The molecule has 2 rings (SSSR count). The first-order valence-electron chi connectivity index (χ1n) is 6.34. The van der Waals surface area contributed by atoms with E-state index in [4.69, 9.17) is 5.73 Å². The van der Waals surface area contributed by atoms with Crippen LogP contribution in [0.2, 0.25) is 0 Å². The number of rotatable bonds is 4. The lowest BCUT2D eigenvalue weighted by atomic mass is 9.85. The van der Waals surface area contributed by atoms with E-state index in [9.17, 15) is 4.39 Å². The largest absolute Gasteiger partial charge is 0.372 e. The zero-order chi connectivity index (χ0) is 12.4. The Morgan fingerprint density at radius 3 is 2.65 bits per heavy atom. The summed E-state index contributed by atoms with van der Waals surface area (Å²) in [6.07, 6.45) is 3.89. The van der Waals surface area contributed by atoms with Gasteiger partial charge in [0.15, 0.2) is 0 Å². The minimum atomic E-state index is -0.165. The predicted octanol–water partition coefficient (Wildman–Crippen LogP) is 3.08. The van der Waals surface area contributed by atoms with Crippen molar-refractivity contribution in [2.45, 2.75) is 32.2 Å². The highest BCUT2D eigenvalue weighted by Crippen LogP contribution is 2.29. The molecule has 0 heterocycles. The summed E-state index contributed by atoms with van der Waals surface area (Å²) in [5.74, 6) is 0.578. The smallest absolute Gasteiger partial charge is 0.146 e. The van der Waals surface area contributed by atoms with Crippen molar-refractivity contribution in [2.75, 3.05) is 18.5 Å². The molecule has 0 spiro atoms. The molecular weight excluding hydrogens is 215 g/mol. The molecule has 17 heavy (non-hydrogen) atoms. The predicted molar refractivity (Wildman–Crippen MR) is 69.6 cm³/mol. The number of hydrogen-bond acceptors (Lipinski definition) is 2. The van der Waals surface area contributed by atoms with Crippen LogP contribution in [0.25, 0.3) is 0 Å². The minimum Gasteiger partial charge on any atom is -0.372 e. The fraction of sp³-hybridized carbons (Fsp3) is 0.571. The topological polar surface area (TPSA) is 29.3 Å². The molecule has 94 valence electrons. The number of halogens is 1. The monoisotopic (exact) mass is 236 g/mol. The Morgan fingerprint density at radius 1 is 1.47 bits per heavy atom. The quantitative estimate of drug-likeness (QED) is 0.870. The molecule has 1 unspecified atom stereocenters. The summed E-state index contributed by atoms with van der Waals surface area (Å²) < 4.78 is 13.9. The van der Waals surface area contributed by atoms with Crippen LogP contribution < -0.4 is 10.6 Å². The molecule has 3 heteroatoms. The summed E-state index contributed by atoms with van der Waals surface area (Å²) in [7, 11) is 1.96. The molecule has 0 bridgehead atoms. The Labute approximate surface area is 103 Å². The Hall–Kier alpha value is -1.09. The van der Waals surface area contributed by atoms with E-state index in [1.54, 1.807) is 6.07 Å². The Morgan fingerprint density at radius 2 is 2.18 bits per heavy atom. The standard InChI is InChI=1S/C14H21FN2/c1-10(16)12-6-7-14(13(15)8-12)17(2)9-11-4-3-5-11/h6-8,10-11H,3-5,9,16H2,1-2H3. The summed E-state index contributed by atoms with van der Waals surface area (Å²) in [6.45, 7) is 2.82. The van der Waals surface area contributed by atoms with Crippen molar-refractivity contribution in [1.82, 2.24) is 0 Å². The van der Waals surface area contributed by atoms with Crippen molar-refractivity contribution < 1.29 is 4.39 Å². The molecule has 1 aliphatic carbocycles. The number of anilines is 1. The molecule has 0 aliphatic heterocycles. The van der Waals surface area contributed by atoms with Gasteiger partial charge in [-0.3, -0.25) is 0 Å². The van der Waals surface area contributed by atoms with E-state index in [1.165, 1.54) is 19.3 Å². The maximum Gasteiger partial charge on any atom is 0.146 e. The van der Waals surface area contributed by atoms with Crippen LogP contribution in [0.4, 0.5) is 10.1 Å². The van der Waals surface area contributed by atoms with E-state index < -0.39 is 0 Å². The molecule has 0 amide bonds. The molecule has 0 saturated heterocycles. The summed E-state index contributed by atoms with van der Waals surface area (Å²) in [5, 5.41) is 0. The van der Waals surface area contributed by atoms with Crippen molar-refractivity contribution in [2.24, 2.45) is 11.7 Å². The van der Waals surface area contributed by atoms with Crippen LogP contribution in [0.3, 0.4) is 0 Å². The van der Waals surface area contributed by atoms with Gasteiger partial charge in [-0.15, -0.1) is 0 Å². The first-order chi connectivity index (χ1) is 8.08. The van der Waals surface area contributed by atoms with Gasteiger partial charge in [-0.1, -0.05) is 12.5 Å². The molecule has 1 saturated carbocycles. The van der Waals surface area contributed by atoms with Gasteiger partial charge in [0.05, 0.1) is 5.69 Å². The SMILES string of the molecule is CC(N)c1ccc(N(C)CC2CCC2)c(F)c1. The zero-order valence-electron chi connectivity index (χ0n) is 10.6. The van der Waals surface area contributed by atoms with Gasteiger partial charge in [-0.2, -0.15) is 0 Å². The Balaban J connectivity index is 2.08. The first-order valence-corrected chi connectivity index (χ1v) is 6.34. The van der Waals surface area contributed by atoms with Crippen LogP contribution in [0, 0.1) is 11.7 Å². The van der Waals surface area contributed by atoms with Crippen LogP contribution in [0.5, 0.6) is 0 Å². The molecule has 1 fully saturated rings. The number of hydrogen-bond donors (Lipinski definition) is 1. The third-order valence-electron chi connectivity index (χ3n) is 3.67. The lowest BCUT2D eigenvalue weighted by molar-refractivity contribution is 0.321. The van der Waals surface area contributed by atoms with Gasteiger partial charge < -0.3 is 10.6 Å². The average Bonchev–Trinajstić information content (AvgIpc) is 2.22. The van der Waals surface area contributed by atoms with Crippen molar-refractivity contribution >= 4 is 5.69 Å². The molecule has 0 radical (unpaired) electrons. The highest BCUT2D eigenvalue weighted by Gasteiger charge is 2.20. The van der Waals surface area contributed by atoms with E-state index in [0.29, 0.717) is 5.69 Å². The minimum absolute atomic E-state index is 0.115. The second-order valence-electron chi connectivity index (χ2n) is 5.18. The van der Waals surface area contributed by atoms with Crippen molar-refractivity contribution in [3.63, 3.8) is 0 Å². The third kappa shape index (κ3) is 2.78. The molecular formula is C14H21FN2. The summed E-state index contributed by atoms with van der Waals surface area (Å²) in [5.41, 5.74) is 7.27. The number of nitrogens with zero attached hydrogens (tertiary/aromatic N) is 1. The summed E-state index contributed by atoms with van der Waals surface area (Å²) in [6, 6.07) is 5.19. The zero-order valence-corrected chi connectivity index (χ0v) is 10.6. The molecule has 1 atom stereocenters. The van der Waals surface area contributed by atoms with E-state index in [0.717, 1.165) is 18.0 Å². The second kappa shape index (κ2) is 5.05. The van der Waals surface area contributed by atoms with E-state index in [-0.39, 0.29) is 11.9 Å². The highest BCUT2D eigenvalue weighted by atomic mass is 19.1. The molecule has 2 N–H and O–H groups in total. The van der Waals surface area contributed by atoms with Crippen LogP contribution in [0.1, 0.15) is 37.8 Å². The van der Waals surface area contributed by atoms with Crippen LogP contribution in [-0.4, -0.2) is 13.6 Å². The normalized spacial score (nSPS) is 17.6. The van der Waals surface area contributed by atoms with E-state index >= 15 is 0 Å². The Kier molecular flexibility index (Phi) is 3.67. The third-order valence-corrected chi connectivity index (χ3v) is 3.67. The van der Waals surface area contributed by atoms with Gasteiger partial charge in [0.2, 0.25) is 0 Å². The van der Waals surface area contributed by atoms with Crippen LogP contribution in [-0.2, 0) is 0 Å². The number of benzene rings is 1. The fourth-order valence-electron chi connectivity index (χ4n) is 2.28. The molecule has 0 aromatic heterocycles. The van der Waals surface area contributed by atoms with Gasteiger partial charge in [0, 0.05) is 19.6 Å². The lowest BCUT2D eigenvalue weighted by Gasteiger charge is -2.31. The van der Waals surface area contributed by atoms with Crippen molar-refractivity contribution in [3.05, 3.63) is 29.6 Å². The lowest BCUT2D eigenvalue weighted by Crippen LogP contribution is -2.29. The Bertz CT molecular complexity index is 386.